The maximum atomic E-state index is 12.5. The van der Waals surface area contributed by atoms with Crippen LogP contribution >= 0.6 is 0 Å². The molecule has 0 spiro atoms. The highest BCUT2D eigenvalue weighted by atomic mass is 16.7. The average molecular weight is 422 g/mol. The van der Waals surface area contributed by atoms with Gasteiger partial charge in [-0.15, -0.1) is 0 Å². The van der Waals surface area contributed by atoms with Gasteiger partial charge in [0.15, 0.2) is 5.78 Å². The molecular formula is C22H30O8. The van der Waals surface area contributed by atoms with Gasteiger partial charge in [-0.25, -0.2) is 4.79 Å². The molecule has 0 saturated heterocycles. The molecule has 0 radical (unpaired) electrons. The number of esters is 1. The smallest absolute Gasteiger partial charge is 0.338 e. The number of carbonyl (C=O) groups is 2. The molecule has 0 aromatic heterocycles. The predicted octanol–water partition coefficient (Wildman–Crippen LogP) is 2.90. The SMILES string of the molecule is COCOC1CCC(OC(=O)c2ccc(OC)cc2)CCC=CC(=O)C1OCOC. The summed E-state index contributed by atoms with van der Waals surface area (Å²) in [5, 5.41) is 0. The highest BCUT2D eigenvalue weighted by Gasteiger charge is 2.31. The summed E-state index contributed by atoms with van der Waals surface area (Å²) in [6.45, 7) is -0.0161. The zero-order valence-corrected chi connectivity index (χ0v) is 17.7. The van der Waals surface area contributed by atoms with E-state index in [2.05, 4.69) is 0 Å². The quantitative estimate of drug-likeness (QED) is 0.443. The van der Waals surface area contributed by atoms with Gasteiger partial charge in [-0.2, -0.15) is 0 Å². The van der Waals surface area contributed by atoms with Crippen molar-refractivity contribution in [2.24, 2.45) is 0 Å². The molecule has 0 aliphatic heterocycles. The normalized spacial score (nSPS) is 22.5. The van der Waals surface area contributed by atoms with E-state index < -0.39 is 18.2 Å². The van der Waals surface area contributed by atoms with Gasteiger partial charge >= 0.3 is 5.97 Å². The summed E-state index contributed by atoms with van der Waals surface area (Å²) in [5.41, 5.74) is 0.451. The van der Waals surface area contributed by atoms with Crippen molar-refractivity contribution in [1.29, 1.82) is 0 Å². The largest absolute Gasteiger partial charge is 0.497 e. The van der Waals surface area contributed by atoms with Gasteiger partial charge < -0.3 is 28.4 Å². The Bertz CT molecular complexity index is 685. The van der Waals surface area contributed by atoms with Gasteiger partial charge in [0.1, 0.15) is 31.5 Å². The first-order valence-electron chi connectivity index (χ1n) is 9.85. The van der Waals surface area contributed by atoms with Crippen LogP contribution in [0.2, 0.25) is 0 Å². The summed E-state index contributed by atoms with van der Waals surface area (Å²) in [7, 11) is 4.56. The molecular weight excluding hydrogens is 392 g/mol. The van der Waals surface area contributed by atoms with Crippen LogP contribution < -0.4 is 4.74 Å². The molecule has 30 heavy (non-hydrogen) atoms. The lowest BCUT2D eigenvalue weighted by atomic mass is 9.97. The van der Waals surface area contributed by atoms with Gasteiger partial charge in [0, 0.05) is 14.2 Å². The van der Waals surface area contributed by atoms with Crippen LogP contribution in [0.4, 0.5) is 0 Å². The lowest BCUT2D eigenvalue weighted by molar-refractivity contribution is -0.169. The third kappa shape index (κ3) is 7.53. The minimum atomic E-state index is -0.826. The molecule has 3 unspecified atom stereocenters. The van der Waals surface area contributed by atoms with Gasteiger partial charge in [0.05, 0.1) is 18.8 Å². The summed E-state index contributed by atoms with van der Waals surface area (Å²) in [6.07, 6.45) is 3.72. The summed E-state index contributed by atoms with van der Waals surface area (Å²) >= 11 is 0. The molecule has 0 saturated carbocycles. The monoisotopic (exact) mass is 422 g/mol. The summed E-state index contributed by atoms with van der Waals surface area (Å²) < 4.78 is 32.1. The van der Waals surface area contributed by atoms with Crippen LogP contribution in [0.5, 0.6) is 5.75 Å². The number of benzene rings is 1. The van der Waals surface area contributed by atoms with Gasteiger partial charge in [0.25, 0.3) is 0 Å². The number of carbonyl (C=O) groups excluding carboxylic acids is 2. The predicted molar refractivity (Wildman–Crippen MR) is 108 cm³/mol. The number of ketones is 1. The second-order valence-corrected chi connectivity index (χ2v) is 6.82. The molecule has 1 aliphatic rings. The van der Waals surface area contributed by atoms with E-state index in [0.717, 1.165) is 0 Å². The number of ether oxygens (including phenoxy) is 6. The van der Waals surface area contributed by atoms with E-state index in [1.54, 1.807) is 37.5 Å². The zero-order valence-electron chi connectivity index (χ0n) is 17.7. The van der Waals surface area contributed by atoms with Crippen LogP contribution in [-0.2, 0) is 28.5 Å². The Hall–Kier alpha value is -2.26. The third-order valence-corrected chi connectivity index (χ3v) is 4.69. The van der Waals surface area contributed by atoms with Crippen molar-refractivity contribution in [2.45, 2.75) is 44.0 Å². The standard InChI is InChI=1S/C22H30O8/c1-25-14-28-20-13-12-18(6-4-5-7-19(23)21(20)29-15-26-2)30-22(24)16-8-10-17(27-3)11-9-16/h5,7-11,18,20-21H,4,6,12-15H2,1-3H3. The molecule has 0 bridgehead atoms. The van der Waals surface area contributed by atoms with Gasteiger partial charge in [-0.05, 0) is 56.0 Å². The van der Waals surface area contributed by atoms with Gasteiger partial charge in [-0.1, -0.05) is 6.08 Å². The minimum absolute atomic E-state index is 0.0187. The Labute approximate surface area is 177 Å². The number of methoxy groups -OCH3 is 3. The summed E-state index contributed by atoms with van der Waals surface area (Å²) in [6, 6.07) is 6.76. The van der Waals surface area contributed by atoms with E-state index in [-0.39, 0.29) is 25.5 Å². The van der Waals surface area contributed by atoms with E-state index in [4.69, 9.17) is 28.4 Å². The molecule has 0 fully saturated rings. The van der Waals surface area contributed by atoms with Crippen LogP contribution in [0, 0.1) is 0 Å². The molecule has 0 amide bonds. The molecule has 2 rings (SSSR count). The van der Waals surface area contributed by atoms with Crippen molar-refractivity contribution < 1.29 is 38.0 Å². The van der Waals surface area contributed by atoms with Gasteiger partial charge in [0.2, 0.25) is 0 Å². The maximum absolute atomic E-state index is 12.5. The Morgan fingerprint density at radius 2 is 1.67 bits per heavy atom. The van der Waals surface area contributed by atoms with Crippen LogP contribution in [-0.4, -0.2) is 65.0 Å². The molecule has 3 atom stereocenters. The van der Waals surface area contributed by atoms with E-state index in [0.29, 0.717) is 37.0 Å². The highest BCUT2D eigenvalue weighted by molar-refractivity contribution is 5.94. The highest BCUT2D eigenvalue weighted by Crippen LogP contribution is 2.21. The fraction of sp³-hybridized carbons (Fsp3) is 0.545. The summed E-state index contributed by atoms with van der Waals surface area (Å²) in [5.74, 6) is 0.0726. The van der Waals surface area contributed by atoms with Crippen LogP contribution in [0.1, 0.15) is 36.0 Å². The maximum Gasteiger partial charge on any atom is 0.338 e. The number of rotatable bonds is 9. The fourth-order valence-corrected chi connectivity index (χ4v) is 3.13. The third-order valence-electron chi connectivity index (χ3n) is 4.69. The molecule has 166 valence electrons. The average Bonchev–Trinajstić information content (AvgIpc) is 2.77. The lowest BCUT2D eigenvalue weighted by Crippen LogP contribution is -2.39. The minimum Gasteiger partial charge on any atom is -0.497 e. The lowest BCUT2D eigenvalue weighted by Gasteiger charge is -2.27. The van der Waals surface area contributed by atoms with Crippen molar-refractivity contribution in [3.63, 3.8) is 0 Å². The topological polar surface area (TPSA) is 89.5 Å². The number of hydrogen-bond donors (Lipinski definition) is 0. The molecule has 8 heteroatoms. The Balaban J connectivity index is 2.08. The van der Waals surface area contributed by atoms with Crippen molar-refractivity contribution in [2.75, 3.05) is 34.9 Å². The number of hydrogen-bond acceptors (Lipinski definition) is 8. The van der Waals surface area contributed by atoms with Crippen LogP contribution in [0.15, 0.2) is 36.4 Å². The number of allylic oxidation sites excluding steroid dienone is 1. The van der Waals surface area contributed by atoms with Crippen molar-refractivity contribution >= 4 is 11.8 Å². The molecule has 0 N–H and O–H groups in total. The Morgan fingerprint density at radius 1 is 0.967 bits per heavy atom. The first-order chi connectivity index (χ1) is 14.6. The first kappa shape index (κ1) is 24.0. The van der Waals surface area contributed by atoms with E-state index in [1.165, 1.54) is 20.3 Å². The molecule has 1 aromatic rings. The van der Waals surface area contributed by atoms with Crippen molar-refractivity contribution in [3.8, 4) is 5.75 Å². The second kappa shape index (κ2) is 13.1. The van der Waals surface area contributed by atoms with E-state index in [9.17, 15) is 9.59 Å². The Kier molecular flexibility index (Phi) is 10.5. The first-order valence-corrected chi connectivity index (χ1v) is 9.85. The van der Waals surface area contributed by atoms with Crippen molar-refractivity contribution in [1.82, 2.24) is 0 Å². The van der Waals surface area contributed by atoms with E-state index >= 15 is 0 Å². The molecule has 1 aliphatic carbocycles. The second-order valence-electron chi connectivity index (χ2n) is 6.82. The molecule has 1 aromatic carbocycles. The fourth-order valence-electron chi connectivity index (χ4n) is 3.13. The van der Waals surface area contributed by atoms with E-state index in [1.807, 2.05) is 0 Å². The van der Waals surface area contributed by atoms with Crippen LogP contribution in [0.3, 0.4) is 0 Å². The van der Waals surface area contributed by atoms with Crippen molar-refractivity contribution in [3.05, 3.63) is 42.0 Å². The Morgan fingerprint density at radius 3 is 2.33 bits per heavy atom. The van der Waals surface area contributed by atoms with Crippen LogP contribution in [0.25, 0.3) is 0 Å². The zero-order chi connectivity index (χ0) is 21.8. The molecule has 8 nitrogen and oxygen atoms in total. The summed E-state index contributed by atoms with van der Waals surface area (Å²) in [4.78, 5) is 25.1. The van der Waals surface area contributed by atoms with Gasteiger partial charge in [-0.3, -0.25) is 4.79 Å². The molecule has 0 heterocycles.